The number of anilines is 1. The molecule has 5 rings (SSSR count). The van der Waals surface area contributed by atoms with Crippen molar-refractivity contribution in [3.8, 4) is 5.75 Å². The minimum absolute atomic E-state index is 0.840. The molecule has 0 spiro atoms. The lowest BCUT2D eigenvalue weighted by molar-refractivity contribution is -0.0599. The Morgan fingerprint density at radius 2 is 1.61 bits per heavy atom. The van der Waals surface area contributed by atoms with Crippen LogP contribution in [0.25, 0.3) is 0 Å². The van der Waals surface area contributed by atoms with Crippen LogP contribution in [-0.2, 0) is 0 Å². The van der Waals surface area contributed by atoms with Gasteiger partial charge in [0, 0.05) is 12.2 Å². The molecule has 1 unspecified atom stereocenters. The zero-order valence-electron chi connectivity index (χ0n) is 14.6. The van der Waals surface area contributed by atoms with E-state index in [2.05, 4.69) is 24.4 Å². The summed E-state index contributed by atoms with van der Waals surface area (Å²) in [5, 5.41) is 3.70. The molecule has 0 aromatic heterocycles. The van der Waals surface area contributed by atoms with Gasteiger partial charge in [-0.1, -0.05) is 13.3 Å². The summed E-state index contributed by atoms with van der Waals surface area (Å²) in [7, 11) is 1.72. The van der Waals surface area contributed by atoms with E-state index in [9.17, 15) is 0 Å². The van der Waals surface area contributed by atoms with Crippen molar-refractivity contribution < 1.29 is 4.74 Å². The zero-order valence-corrected chi connectivity index (χ0v) is 14.6. The molecule has 0 aliphatic heterocycles. The normalized spacial score (nSPS) is 36.0. The first kappa shape index (κ1) is 15.4. The molecule has 4 saturated carbocycles. The highest BCUT2D eigenvalue weighted by Crippen LogP contribution is 2.58. The van der Waals surface area contributed by atoms with Gasteiger partial charge < -0.3 is 10.1 Å². The molecule has 1 aromatic rings. The fourth-order valence-corrected chi connectivity index (χ4v) is 6.25. The Balaban J connectivity index is 1.40. The molecule has 1 atom stereocenters. The smallest absolute Gasteiger partial charge is 0.119 e. The van der Waals surface area contributed by atoms with Crippen LogP contribution in [0.15, 0.2) is 24.3 Å². The first-order chi connectivity index (χ1) is 11.3. The number of benzene rings is 1. The highest BCUT2D eigenvalue weighted by atomic mass is 16.5. The van der Waals surface area contributed by atoms with Gasteiger partial charge in [-0.05, 0) is 91.9 Å². The van der Waals surface area contributed by atoms with Crippen molar-refractivity contribution in [3.05, 3.63) is 24.3 Å². The Bertz CT molecular complexity index is 495. The molecule has 0 amide bonds. The Morgan fingerprint density at radius 1 is 1.00 bits per heavy atom. The summed E-state index contributed by atoms with van der Waals surface area (Å²) in [4.78, 5) is 0. The van der Waals surface area contributed by atoms with Crippen molar-refractivity contribution in [2.45, 2.75) is 45.4 Å². The van der Waals surface area contributed by atoms with E-state index < -0.39 is 0 Å². The summed E-state index contributed by atoms with van der Waals surface area (Å²) in [5.74, 6) is 7.00. The molecule has 4 aliphatic carbocycles. The minimum atomic E-state index is 0.840. The minimum Gasteiger partial charge on any atom is -0.497 e. The van der Waals surface area contributed by atoms with Gasteiger partial charge in [-0.15, -0.1) is 0 Å². The molecule has 1 N–H and O–H groups in total. The molecular formula is C21H31NO. The largest absolute Gasteiger partial charge is 0.497 e. The summed E-state index contributed by atoms with van der Waals surface area (Å²) < 4.78 is 5.25. The van der Waals surface area contributed by atoms with Crippen LogP contribution in [0, 0.1) is 35.5 Å². The third kappa shape index (κ3) is 2.97. The fourth-order valence-electron chi connectivity index (χ4n) is 6.25. The lowest BCUT2D eigenvalue weighted by Gasteiger charge is -2.56. The Morgan fingerprint density at radius 3 is 2.13 bits per heavy atom. The van der Waals surface area contributed by atoms with E-state index in [1.54, 1.807) is 13.5 Å². The van der Waals surface area contributed by atoms with Gasteiger partial charge in [0.2, 0.25) is 0 Å². The van der Waals surface area contributed by atoms with Gasteiger partial charge in [0.05, 0.1) is 7.11 Å². The molecular weight excluding hydrogens is 282 g/mol. The van der Waals surface area contributed by atoms with Crippen LogP contribution in [0.2, 0.25) is 0 Å². The van der Waals surface area contributed by atoms with Crippen LogP contribution in [-0.4, -0.2) is 13.7 Å². The van der Waals surface area contributed by atoms with E-state index in [0.29, 0.717) is 0 Å². The van der Waals surface area contributed by atoms with Crippen molar-refractivity contribution in [1.29, 1.82) is 0 Å². The van der Waals surface area contributed by atoms with Crippen LogP contribution in [0.4, 0.5) is 5.69 Å². The van der Waals surface area contributed by atoms with Gasteiger partial charge in [0.15, 0.2) is 0 Å². The average Bonchev–Trinajstić information content (AvgIpc) is 2.57. The number of methoxy groups -OCH3 is 1. The average molecular weight is 313 g/mol. The Hall–Kier alpha value is -1.18. The fraction of sp³-hybridized carbons (Fsp3) is 0.714. The van der Waals surface area contributed by atoms with E-state index in [0.717, 1.165) is 47.8 Å². The lowest BCUT2D eigenvalue weighted by atomic mass is 9.49. The number of ether oxygens (including phenoxy) is 1. The molecule has 1 aromatic carbocycles. The number of rotatable bonds is 6. The molecule has 2 heteroatoms. The highest BCUT2D eigenvalue weighted by molar-refractivity contribution is 5.46. The number of hydrogen-bond donors (Lipinski definition) is 1. The second kappa shape index (κ2) is 6.37. The van der Waals surface area contributed by atoms with Gasteiger partial charge >= 0.3 is 0 Å². The third-order valence-electron chi connectivity index (χ3n) is 7.03. The highest BCUT2D eigenvalue weighted by Gasteiger charge is 2.49. The van der Waals surface area contributed by atoms with E-state index in [4.69, 9.17) is 4.74 Å². The van der Waals surface area contributed by atoms with Crippen LogP contribution in [0.1, 0.15) is 45.4 Å². The summed E-state index contributed by atoms with van der Waals surface area (Å²) in [5.41, 5.74) is 1.23. The molecule has 2 nitrogen and oxygen atoms in total. The summed E-state index contributed by atoms with van der Waals surface area (Å²) >= 11 is 0. The van der Waals surface area contributed by atoms with Crippen LogP contribution in [0.3, 0.4) is 0 Å². The van der Waals surface area contributed by atoms with E-state index >= 15 is 0 Å². The monoisotopic (exact) mass is 313 g/mol. The quantitative estimate of drug-likeness (QED) is 0.779. The summed E-state index contributed by atoms with van der Waals surface area (Å²) in [6.07, 6.45) is 9.03. The molecule has 23 heavy (non-hydrogen) atoms. The predicted molar refractivity (Wildman–Crippen MR) is 95.8 cm³/mol. The lowest BCUT2D eigenvalue weighted by Crippen LogP contribution is -2.48. The molecule has 4 fully saturated rings. The van der Waals surface area contributed by atoms with E-state index in [1.807, 2.05) is 12.1 Å². The standard InChI is InChI=1S/C21H31NO/c1-3-16(13-22-19-4-6-20(23-2)7-5-19)21-17-9-14-8-15(11-17)12-18(21)10-14/h4-7,14-18,21-22H,3,8-13H2,1-2H3. The Labute approximate surface area is 141 Å². The van der Waals surface area contributed by atoms with Crippen LogP contribution in [0.5, 0.6) is 5.75 Å². The van der Waals surface area contributed by atoms with Crippen molar-refractivity contribution in [2.24, 2.45) is 35.5 Å². The Kier molecular flexibility index (Phi) is 4.26. The molecule has 0 radical (unpaired) electrons. The molecule has 0 heterocycles. The summed E-state index contributed by atoms with van der Waals surface area (Å²) in [6.45, 7) is 3.53. The third-order valence-corrected chi connectivity index (χ3v) is 7.03. The molecule has 0 saturated heterocycles. The second-order valence-electron chi connectivity index (χ2n) is 8.29. The maximum atomic E-state index is 5.25. The van der Waals surface area contributed by atoms with Crippen molar-refractivity contribution in [2.75, 3.05) is 19.0 Å². The van der Waals surface area contributed by atoms with Crippen molar-refractivity contribution >= 4 is 5.69 Å². The van der Waals surface area contributed by atoms with Crippen molar-refractivity contribution in [1.82, 2.24) is 0 Å². The van der Waals surface area contributed by atoms with E-state index in [1.165, 1.54) is 37.8 Å². The van der Waals surface area contributed by atoms with Crippen molar-refractivity contribution in [3.63, 3.8) is 0 Å². The first-order valence-corrected chi connectivity index (χ1v) is 9.64. The predicted octanol–water partition coefficient (Wildman–Crippen LogP) is 5.21. The van der Waals surface area contributed by atoms with Gasteiger partial charge in [-0.25, -0.2) is 0 Å². The molecule has 4 aliphatic rings. The number of hydrogen-bond acceptors (Lipinski definition) is 2. The maximum Gasteiger partial charge on any atom is 0.119 e. The number of nitrogens with one attached hydrogen (secondary N) is 1. The SMILES string of the molecule is CCC(CNc1ccc(OC)cc1)C1C2CC3CC(C2)CC1C3. The maximum absolute atomic E-state index is 5.25. The van der Waals surface area contributed by atoms with Crippen LogP contribution >= 0.6 is 0 Å². The van der Waals surface area contributed by atoms with Gasteiger partial charge in [0.25, 0.3) is 0 Å². The first-order valence-electron chi connectivity index (χ1n) is 9.64. The van der Waals surface area contributed by atoms with Gasteiger partial charge in [-0.2, -0.15) is 0 Å². The zero-order chi connectivity index (χ0) is 15.8. The van der Waals surface area contributed by atoms with Gasteiger partial charge in [-0.3, -0.25) is 0 Å². The summed E-state index contributed by atoms with van der Waals surface area (Å²) in [6, 6.07) is 8.38. The second-order valence-corrected chi connectivity index (χ2v) is 8.29. The molecule has 126 valence electrons. The molecule has 4 bridgehead atoms. The van der Waals surface area contributed by atoms with Crippen LogP contribution < -0.4 is 10.1 Å². The van der Waals surface area contributed by atoms with Gasteiger partial charge in [0.1, 0.15) is 5.75 Å². The topological polar surface area (TPSA) is 21.3 Å². The van der Waals surface area contributed by atoms with E-state index in [-0.39, 0.29) is 0 Å².